The molecule has 17 heavy (non-hydrogen) atoms. The highest BCUT2D eigenvalue weighted by atomic mass is 16.3. The molecule has 6 nitrogen and oxygen atoms in total. The first kappa shape index (κ1) is 13.5. The molecular formula is C11H20N4O2. The van der Waals surface area contributed by atoms with Crippen LogP contribution in [0.4, 0.5) is 10.6 Å². The van der Waals surface area contributed by atoms with Gasteiger partial charge >= 0.3 is 6.03 Å². The van der Waals surface area contributed by atoms with Crippen molar-refractivity contribution in [2.45, 2.75) is 26.3 Å². The summed E-state index contributed by atoms with van der Waals surface area (Å²) in [6.45, 7) is 4.02. The van der Waals surface area contributed by atoms with E-state index in [4.69, 9.17) is 5.11 Å². The molecule has 0 radical (unpaired) electrons. The zero-order chi connectivity index (χ0) is 12.8. The van der Waals surface area contributed by atoms with Crippen molar-refractivity contribution in [3.63, 3.8) is 0 Å². The number of carbonyl (C=O) groups excluding carboxylic acids is 1. The minimum atomic E-state index is -0.344. The number of hydrogen-bond donors (Lipinski definition) is 3. The van der Waals surface area contributed by atoms with Crippen molar-refractivity contribution in [1.82, 2.24) is 15.1 Å². The summed E-state index contributed by atoms with van der Waals surface area (Å²) in [6, 6.07) is 1.14. The first-order valence-corrected chi connectivity index (χ1v) is 5.69. The largest absolute Gasteiger partial charge is 0.394 e. The summed E-state index contributed by atoms with van der Waals surface area (Å²) < 4.78 is 1.60. The number of amides is 2. The van der Waals surface area contributed by atoms with Crippen LogP contribution in [0.3, 0.4) is 0 Å². The maximum atomic E-state index is 11.6. The third-order valence-electron chi connectivity index (χ3n) is 2.27. The number of aliphatic hydroxyl groups excluding tert-OH is 1. The molecule has 1 heterocycles. The van der Waals surface area contributed by atoms with E-state index in [0.717, 1.165) is 6.42 Å². The van der Waals surface area contributed by atoms with E-state index in [9.17, 15) is 4.79 Å². The average Bonchev–Trinajstić information content (AvgIpc) is 2.62. The number of nitrogens with one attached hydrogen (secondary N) is 2. The molecule has 1 aromatic heterocycles. The lowest BCUT2D eigenvalue weighted by atomic mass is 10.0. The van der Waals surface area contributed by atoms with E-state index in [1.54, 1.807) is 24.0 Å². The van der Waals surface area contributed by atoms with Crippen molar-refractivity contribution in [2.24, 2.45) is 13.0 Å². The minimum absolute atomic E-state index is 0.0617. The van der Waals surface area contributed by atoms with Crippen LogP contribution < -0.4 is 10.6 Å². The molecule has 0 aliphatic heterocycles. The topological polar surface area (TPSA) is 79.2 Å². The normalized spacial score (nSPS) is 12.5. The maximum absolute atomic E-state index is 11.6. The molecule has 2 amide bonds. The standard InChI is InChI=1S/C11H20N4O2/c1-8(2)6-9(7-16)12-11(17)13-10-4-5-15(3)14-10/h4-5,8-9,16H,6-7H2,1-3H3,(H2,12,13,14,17). The van der Waals surface area contributed by atoms with E-state index in [2.05, 4.69) is 15.7 Å². The van der Waals surface area contributed by atoms with Gasteiger partial charge in [0.25, 0.3) is 0 Å². The monoisotopic (exact) mass is 240 g/mol. The second-order valence-electron chi connectivity index (χ2n) is 4.48. The number of hydrogen-bond acceptors (Lipinski definition) is 3. The summed E-state index contributed by atoms with van der Waals surface area (Å²) in [5.74, 6) is 0.911. The predicted octanol–water partition coefficient (Wildman–Crippen LogP) is 0.949. The molecule has 1 aromatic rings. The van der Waals surface area contributed by atoms with E-state index in [-0.39, 0.29) is 18.7 Å². The fourth-order valence-corrected chi connectivity index (χ4v) is 1.57. The first-order chi connectivity index (χ1) is 8.01. The Hall–Kier alpha value is -1.56. The smallest absolute Gasteiger partial charge is 0.320 e. The third-order valence-corrected chi connectivity index (χ3v) is 2.27. The van der Waals surface area contributed by atoms with Gasteiger partial charge in [0.2, 0.25) is 0 Å². The van der Waals surface area contributed by atoms with Gasteiger partial charge in [-0.25, -0.2) is 4.79 Å². The van der Waals surface area contributed by atoms with Crippen LogP contribution in [0, 0.1) is 5.92 Å². The number of aromatic nitrogens is 2. The van der Waals surface area contributed by atoms with Crippen LogP contribution in [-0.2, 0) is 7.05 Å². The van der Waals surface area contributed by atoms with Gasteiger partial charge in [0, 0.05) is 19.3 Å². The summed E-state index contributed by atoms with van der Waals surface area (Å²) in [5, 5.41) is 18.5. The number of urea groups is 1. The minimum Gasteiger partial charge on any atom is -0.394 e. The highest BCUT2D eigenvalue weighted by molar-refractivity contribution is 5.88. The molecule has 0 aliphatic rings. The molecule has 0 spiro atoms. The number of rotatable bonds is 5. The summed E-state index contributed by atoms with van der Waals surface area (Å²) >= 11 is 0. The molecule has 1 rings (SSSR count). The average molecular weight is 240 g/mol. The van der Waals surface area contributed by atoms with E-state index in [0.29, 0.717) is 11.7 Å². The zero-order valence-electron chi connectivity index (χ0n) is 10.5. The van der Waals surface area contributed by atoms with Crippen molar-refractivity contribution >= 4 is 11.8 Å². The summed E-state index contributed by atoms with van der Waals surface area (Å²) in [6.07, 6.45) is 2.49. The quantitative estimate of drug-likeness (QED) is 0.717. The number of nitrogens with zero attached hydrogens (tertiary/aromatic N) is 2. The first-order valence-electron chi connectivity index (χ1n) is 5.69. The molecule has 0 aromatic carbocycles. The lowest BCUT2D eigenvalue weighted by Crippen LogP contribution is -2.41. The van der Waals surface area contributed by atoms with Crippen LogP contribution in [0.5, 0.6) is 0 Å². The number of aliphatic hydroxyl groups is 1. The summed E-state index contributed by atoms with van der Waals surface area (Å²) in [7, 11) is 1.78. The molecule has 1 atom stereocenters. The van der Waals surface area contributed by atoms with Crippen LogP contribution in [0.15, 0.2) is 12.3 Å². The Balaban J connectivity index is 2.42. The fraction of sp³-hybridized carbons (Fsp3) is 0.636. The van der Waals surface area contributed by atoms with Crippen molar-refractivity contribution in [1.29, 1.82) is 0 Å². The van der Waals surface area contributed by atoms with Crippen LogP contribution in [0.1, 0.15) is 20.3 Å². The lowest BCUT2D eigenvalue weighted by Gasteiger charge is -2.18. The van der Waals surface area contributed by atoms with Crippen LogP contribution >= 0.6 is 0 Å². The molecule has 0 saturated heterocycles. The van der Waals surface area contributed by atoms with E-state index in [1.807, 2.05) is 13.8 Å². The van der Waals surface area contributed by atoms with Crippen molar-refractivity contribution in [3.8, 4) is 0 Å². The van der Waals surface area contributed by atoms with Crippen LogP contribution in [0.2, 0.25) is 0 Å². The fourth-order valence-electron chi connectivity index (χ4n) is 1.57. The lowest BCUT2D eigenvalue weighted by molar-refractivity contribution is 0.214. The Kier molecular flexibility index (Phi) is 4.96. The SMILES string of the molecule is CC(C)CC(CO)NC(=O)Nc1ccn(C)n1. The van der Waals surface area contributed by atoms with Gasteiger partial charge < -0.3 is 10.4 Å². The number of carbonyl (C=O) groups is 1. The van der Waals surface area contributed by atoms with E-state index < -0.39 is 0 Å². The van der Waals surface area contributed by atoms with Gasteiger partial charge in [0.15, 0.2) is 5.82 Å². The molecule has 0 aliphatic carbocycles. The van der Waals surface area contributed by atoms with Crippen LogP contribution in [-0.4, -0.2) is 33.6 Å². The molecular weight excluding hydrogens is 220 g/mol. The Bertz CT molecular complexity index is 362. The number of anilines is 1. The molecule has 1 unspecified atom stereocenters. The zero-order valence-corrected chi connectivity index (χ0v) is 10.5. The number of aryl methyl sites for hydroxylation is 1. The molecule has 3 N–H and O–H groups in total. The highest BCUT2D eigenvalue weighted by Crippen LogP contribution is 2.05. The Morgan fingerprint density at radius 3 is 2.76 bits per heavy atom. The summed E-state index contributed by atoms with van der Waals surface area (Å²) in [5.41, 5.74) is 0. The van der Waals surface area contributed by atoms with Gasteiger partial charge in [-0.15, -0.1) is 0 Å². The Morgan fingerprint density at radius 1 is 1.59 bits per heavy atom. The molecule has 0 fully saturated rings. The molecule has 6 heteroatoms. The second-order valence-corrected chi connectivity index (χ2v) is 4.48. The Labute approximate surface area is 101 Å². The van der Waals surface area contributed by atoms with E-state index in [1.165, 1.54) is 0 Å². The summed E-state index contributed by atoms with van der Waals surface area (Å²) in [4.78, 5) is 11.6. The highest BCUT2D eigenvalue weighted by Gasteiger charge is 2.13. The Morgan fingerprint density at radius 2 is 2.29 bits per heavy atom. The predicted molar refractivity (Wildman–Crippen MR) is 65.7 cm³/mol. The van der Waals surface area contributed by atoms with Crippen molar-refractivity contribution < 1.29 is 9.90 Å². The van der Waals surface area contributed by atoms with Gasteiger partial charge in [-0.3, -0.25) is 10.00 Å². The van der Waals surface area contributed by atoms with Gasteiger partial charge in [-0.2, -0.15) is 5.10 Å². The van der Waals surface area contributed by atoms with Gasteiger partial charge in [0.05, 0.1) is 12.6 Å². The van der Waals surface area contributed by atoms with Crippen LogP contribution in [0.25, 0.3) is 0 Å². The van der Waals surface area contributed by atoms with Gasteiger partial charge in [0.1, 0.15) is 0 Å². The van der Waals surface area contributed by atoms with Crippen molar-refractivity contribution in [3.05, 3.63) is 12.3 Å². The molecule has 96 valence electrons. The second kappa shape index (κ2) is 6.24. The molecule has 0 saturated carbocycles. The van der Waals surface area contributed by atoms with Gasteiger partial charge in [-0.1, -0.05) is 13.8 Å². The molecule has 0 bridgehead atoms. The van der Waals surface area contributed by atoms with Crippen molar-refractivity contribution in [2.75, 3.05) is 11.9 Å². The maximum Gasteiger partial charge on any atom is 0.320 e. The third kappa shape index (κ3) is 4.86. The van der Waals surface area contributed by atoms with E-state index >= 15 is 0 Å². The van der Waals surface area contributed by atoms with Gasteiger partial charge in [-0.05, 0) is 12.3 Å².